The van der Waals surface area contributed by atoms with Crippen molar-refractivity contribution in [3.8, 4) is 11.3 Å². The number of aromatic nitrogens is 2. The van der Waals surface area contributed by atoms with Crippen LogP contribution in [0, 0.1) is 6.92 Å². The fourth-order valence-electron chi connectivity index (χ4n) is 2.75. The van der Waals surface area contributed by atoms with Crippen molar-refractivity contribution in [3.05, 3.63) is 81.9 Å². The summed E-state index contributed by atoms with van der Waals surface area (Å²) in [5, 5.41) is 4.20. The van der Waals surface area contributed by atoms with Crippen LogP contribution in [0.2, 0.25) is 5.02 Å². The number of anilines is 2. The van der Waals surface area contributed by atoms with Crippen LogP contribution in [0.1, 0.15) is 5.56 Å². The van der Waals surface area contributed by atoms with E-state index in [2.05, 4.69) is 52.4 Å². The smallest absolute Gasteiger partial charge is 0.143 e. The van der Waals surface area contributed by atoms with Gasteiger partial charge in [0.2, 0.25) is 0 Å². The van der Waals surface area contributed by atoms with Gasteiger partial charge in [-0.2, -0.15) is 0 Å². The van der Waals surface area contributed by atoms with Crippen molar-refractivity contribution in [2.45, 2.75) is 6.92 Å². The van der Waals surface area contributed by atoms with Crippen molar-refractivity contribution in [2.24, 2.45) is 0 Å². The molecule has 0 aliphatic rings. The van der Waals surface area contributed by atoms with Gasteiger partial charge < -0.3 is 5.32 Å². The standard InChI is InChI=1S/C20H15BrClN3/c1-13-5-8-17(9-6-13)23-20-19(14-3-2-4-16(22)11-14)24-18-10-7-15(21)12-25(18)20/h2-12,23H,1H3. The first-order chi connectivity index (χ1) is 12.1. The summed E-state index contributed by atoms with van der Waals surface area (Å²) in [6.07, 6.45) is 2.01. The molecule has 0 saturated heterocycles. The lowest BCUT2D eigenvalue weighted by Gasteiger charge is -2.10. The number of nitrogens with zero attached hydrogens (tertiary/aromatic N) is 2. The molecule has 4 rings (SSSR count). The highest BCUT2D eigenvalue weighted by Crippen LogP contribution is 2.33. The number of benzene rings is 2. The Morgan fingerprint density at radius 1 is 1.04 bits per heavy atom. The molecule has 0 aliphatic carbocycles. The molecule has 2 aromatic heterocycles. The van der Waals surface area contributed by atoms with E-state index in [1.807, 2.05) is 47.0 Å². The molecule has 0 spiro atoms. The molecule has 124 valence electrons. The van der Waals surface area contributed by atoms with E-state index in [1.165, 1.54) is 5.56 Å². The first-order valence-electron chi connectivity index (χ1n) is 7.87. The van der Waals surface area contributed by atoms with Crippen LogP contribution in [-0.2, 0) is 0 Å². The van der Waals surface area contributed by atoms with Crippen molar-refractivity contribution < 1.29 is 0 Å². The topological polar surface area (TPSA) is 29.3 Å². The number of imidazole rings is 1. The summed E-state index contributed by atoms with van der Waals surface area (Å²) in [6, 6.07) is 20.0. The lowest BCUT2D eigenvalue weighted by Crippen LogP contribution is -1.97. The Bertz CT molecular complexity index is 1050. The van der Waals surface area contributed by atoms with Crippen LogP contribution in [0.5, 0.6) is 0 Å². The predicted octanol–water partition coefficient (Wildman–Crippen LogP) is 6.47. The number of halogens is 2. The number of hydrogen-bond donors (Lipinski definition) is 1. The average molecular weight is 413 g/mol. The van der Waals surface area contributed by atoms with E-state index in [0.717, 1.165) is 32.9 Å². The number of nitrogens with one attached hydrogen (secondary N) is 1. The molecule has 3 nitrogen and oxygen atoms in total. The molecule has 0 unspecified atom stereocenters. The van der Waals surface area contributed by atoms with E-state index in [1.54, 1.807) is 0 Å². The van der Waals surface area contributed by atoms with Crippen molar-refractivity contribution >= 4 is 44.7 Å². The van der Waals surface area contributed by atoms with E-state index in [0.29, 0.717) is 5.02 Å². The molecule has 0 aliphatic heterocycles. The molecule has 4 aromatic rings. The molecule has 0 radical (unpaired) electrons. The number of rotatable bonds is 3. The van der Waals surface area contributed by atoms with Gasteiger partial charge in [0.1, 0.15) is 17.2 Å². The summed E-state index contributed by atoms with van der Waals surface area (Å²) in [6.45, 7) is 2.08. The molecule has 2 heterocycles. The van der Waals surface area contributed by atoms with Gasteiger partial charge in [-0.1, -0.05) is 41.4 Å². The minimum absolute atomic E-state index is 0.692. The van der Waals surface area contributed by atoms with Crippen LogP contribution < -0.4 is 5.32 Å². The maximum absolute atomic E-state index is 6.19. The lowest BCUT2D eigenvalue weighted by molar-refractivity contribution is 1.17. The average Bonchev–Trinajstić information content (AvgIpc) is 2.95. The van der Waals surface area contributed by atoms with E-state index in [-0.39, 0.29) is 0 Å². The molecular weight excluding hydrogens is 398 g/mol. The molecule has 0 atom stereocenters. The summed E-state index contributed by atoms with van der Waals surface area (Å²) in [7, 11) is 0. The van der Waals surface area contributed by atoms with E-state index >= 15 is 0 Å². The van der Waals surface area contributed by atoms with Crippen LogP contribution in [-0.4, -0.2) is 9.38 Å². The number of aryl methyl sites for hydroxylation is 1. The Balaban J connectivity index is 1.91. The summed E-state index contributed by atoms with van der Waals surface area (Å²) in [5.41, 5.74) is 4.94. The predicted molar refractivity (Wildman–Crippen MR) is 108 cm³/mol. The second-order valence-corrected chi connectivity index (χ2v) is 7.24. The second kappa shape index (κ2) is 6.54. The van der Waals surface area contributed by atoms with Gasteiger partial charge in [-0.3, -0.25) is 4.40 Å². The zero-order valence-electron chi connectivity index (χ0n) is 13.5. The highest BCUT2D eigenvalue weighted by atomic mass is 79.9. The minimum atomic E-state index is 0.692. The minimum Gasteiger partial charge on any atom is -0.339 e. The van der Waals surface area contributed by atoms with Gasteiger partial charge in [-0.05, 0) is 59.3 Å². The summed E-state index contributed by atoms with van der Waals surface area (Å²) < 4.78 is 3.03. The number of pyridine rings is 1. The highest BCUT2D eigenvalue weighted by molar-refractivity contribution is 9.10. The summed E-state index contributed by atoms with van der Waals surface area (Å²) in [5.74, 6) is 0.905. The lowest BCUT2D eigenvalue weighted by atomic mass is 10.1. The quantitative estimate of drug-likeness (QED) is 0.418. The number of hydrogen-bond acceptors (Lipinski definition) is 2. The first-order valence-corrected chi connectivity index (χ1v) is 9.04. The molecule has 0 bridgehead atoms. The fourth-order valence-corrected chi connectivity index (χ4v) is 3.28. The molecule has 0 fully saturated rings. The Labute approximate surface area is 159 Å². The highest BCUT2D eigenvalue weighted by Gasteiger charge is 2.15. The van der Waals surface area contributed by atoms with E-state index in [4.69, 9.17) is 16.6 Å². The normalized spacial score (nSPS) is 11.0. The largest absolute Gasteiger partial charge is 0.339 e. The van der Waals surface area contributed by atoms with Gasteiger partial charge in [0.15, 0.2) is 0 Å². The van der Waals surface area contributed by atoms with Crippen LogP contribution in [0.3, 0.4) is 0 Å². The molecule has 5 heteroatoms. The van der Waals surface area contributed by atoms with E-state index < -0.39 is 0 Å². The first kappa shape index (κ1) is 16.2. The SMILES string of the molecule is Cc1ccc(Nc2c(-c3cccc(Cl)c3)nc3ccc(Br)cn23)cc1. The van der Waals surface area contributed by atoms with E-state index in [9.17, 15) is 0 Å². The third-order valence-electron chi connectivity index (χ3n) is 3.99. The Morgan fingerprint density at radius 3 is 2.60 bits per heavy atom. The van der Waals surface area contributed by atoms with Crippen molar-refractivity contribution in [3.63, 3.8) is 0 Å². The van der Waals surface area contributed by atoms with Crippen LogP contribution in [0.4, 0.5) is 11.5 Å². The van der Waals surface area contributed by atoms with Crippen LogP contribution in [0.25, 0.3) is 16.9 Å². The second-order valence-electron chi connectivity index (χ2n) is 5.89. The van der Waals surface area contributed by atoms with Crippen molar-refractivity contribution in [1.82, 2.24) is 9.38 Å². The van der Waals surface area contributed by atoms with Gasteiger partial charge in [0, 0.05) is 26.9 Å². The maximum Gasteiger partial charge on any atom is 0.143 e. The third kappa shape index (κ3) is 3.28. The Hall–Kier alpha value is -2.30. The molecule has 2 aromatic carbocycles. The molecular formula is C20H15BrClN3. The fraction of sp³-hybridized carbons (Fsp3) is 0.0500. The van der Waals surface area contributed by atoms with Crippen LogP contribution in [0.15, 0.2) is 71.3 Å². The van der Waals surface area contributed by atoms with Gasteiger partial charge in [0.05, 0.1) is 0 Å². The van der Waals surface area contributed by atoms with Gasteiger partial charge in [-0.15, -0.1) is 0 Å². The van der Waals surface area contributed by atoms with Crippen LogP contribution >= 0.6 is 27.5 Å². The molecule has 25 heavy (non-hydrogen) atoms. The monoisotopic (exact) mass is 411 g/mol. The van der Waals surface area contributed by atoms with Crippen molar-refractivity contribution in [2.75, 3.05) is 5.32 Å². The summed E-state index contributed by atoms with van der Waals surface area (Å²) in [4.78, 5) is 4.80. The zero-order chi connectivity index (χ0) is 17.4. The third-order valence-corrected chi connectivity index (χ3v) is 4.70. The van der Waals surface area contributed by atoms with Gasteiger partial charge in [-0.25, -0.2) is 4.98 Å². The molecule has 1 N–H and O–H groups in total. The van der Waals surface area contributed by atoms with Gasteiger partial charge >= 0.3 is 0 Å². The van der Waals surface area contributed by atoms with Crippen molar-refractivity contribution in [1.29, 1.82) is 0 Å². The number of fused-ring (bicyclic) bond motifs is 1. The van der Waals surface area contributed by atoms with Gasteiger partial charge in [0.25, 0.3) is 0 Å². The zero-order valence-corrected chi connectivity index (χ0v) is 15.8. The summed E-state index contributed by atoms with van der Waals surface area (Å²) >= 11 is 9.73. The molecule has 0 saturated carbocycles. The Morgan fingerprint density at radius 2 is 1.84 bits per heavy atom. The maximum atomic E-state index is 6.19. The Kier molecular flexibility index (Phi) is 4.24. The molecule has 0 amide bonds.